The van der Waals surface area contributed by atoms with Crippen LogP contribution in [0.3, 0.4) is 0 Å². The molecule has 0 amide bonds. The lowest BCUT2D eigenvalue weighted by Gasteiger charge is -2.34. The normalized spacial score (nSPS) is 34.3. The number of hydrogen-bond acceptors (Lipinski definition) is 6. The second-order valence-electron chi connectivity index (χ2n) is 8.16. The molecule has 0 aromatic carbocycles. The Hall–Kier alpha value is -2.63. The maximum atomic E-state index is 12.6. The van der Waals surface area contributed by atoms with Crippen LogP contribution in [0.2, 0.25) is 0 Å². The molecule has 4 rings (SSSR count). The van der Waals surface area contributed by atoms with Crippen molar-refractivity contribution in [2.45, 2.75) is 63.6 Å². The third-order valence-corrected chi connectivity index (χ3v) is 6.34. The van der Waals surface area contributed by atoms with E-state index in [9.17, 15) is 19.5 Å². The maximum Gasteiger partial charge on any atom is 0.342 e. The summed E-state index contributed by atoms with van der Waals surface area (Å²) in [5.74, 6) is -1.46. The SMILES string of the molecule is O=C1OC2CCCCC2C(=O)C1=CC=CC=CC1=C(O)C2CCCCC2OC1=O. The van der Waals surface area contributed by atoms with Gasteiger partial charge >= 0.3 is 11.9 Å². The van der Waals surface area contributed by atoms with Crippen LogP contribution in [0.1, 0.15) is 51.4 Å². The predicted molar refractivity (Wildman–Crippen MR) is 105 cm³/mol. The average molecular weight is 398 g/mol. The Morgan fingerprint density at radius 3 is 2.14 bits per heavy atom. The molecule has 2 aliphatic carbocycles. The van der Waals surface area contributed by atoms with Gasteiger partial charge in [0.1, 0.15) is 23.5 Å². The van der Waals surface area contributed by atoms with Gasteiger partial charge in [0.2, 0.25) is 0 Å². The number of fused-ring (bicyclic) bond motifs is 2. The quantitative estimate of drug-likeness (QED) is 0.338. The smallest absolute Gasteiger partial charge is 0.342 e. The van der Waals surface area contributed by atoms with E-state index in [2.05, 4.69) is 0 Å². The van der Waals surface area contributed by atoms with Crippen LogP contribution in [0.4, 0.5) is 0 Å². The fraction of sp³-hybridized carbons (Fsp3) is 0.522. The molecular formula is C23H26O6. The zero-order chi connectivity index (χ0) is 20.4. The fourth-order valence-electron chi connectivity index (χ4n) is 4.77. The van der Waals surface area contributed by atoms with Gasteiger partial charge < -0.3 is 14.6 Å². The van der Waals surface area contributed by atoms with E-state index >= 15 is 0 Å². The number of rotatable bonds is 3. The molecule has 4 aliphatic rings. The van der Waals surface area contributed by atoms with E-state index in [0.29, 0.717) is 0 Å². The van der Waals surface area contributed by atoms with Gasteiger partial charge in [-0.25, -0.2) is 9.59 Å². The van der Waals surface area contributed by atoms with E-state index in [1.54, 1.807) is 18.2 Å². The highest BCUT2D eigenvalue weighted by Crippen LogP contribution is 2.37. The Labute approximate surface area is 169 Å². The van der Waals surface area contributed by atoms with Crippen molar-refractivity contribution in [1.82, 2.24) is 0 Å². The Bertz CT molecular complexity index is 830. The second kappa shape index (κ2) is 8.39. The Balaban J connectivity index is 1.44. The number of Topliss-reactive ketones (excluding diaryl/α,β-unsaturated/α-hetero) is 1. The highest BCUT2D eigenvalue weighted by molar-refractivity contribution is 6.20. The highest BCUT2D eigenvalue weighted by atomic mass is 16.6. The van der Waals surface area contributed by atoms with Crippen molar-refractivity contribution in [3.8, 4) is 0 Å². The molecule has 2 aliphatic heterocycles. The van der Waals surface area contributed by atoms with E-state index in [1.165, 1.54) is 12.2 Å². The van der Waals surface area contributed by atoms with Crippen molar-refractivity contribution < 1.29 is 29.0 Å². The number of hydrogen-bond donors (Lipinski definition) is 1. The molecule has 0 radical (unpaired) electrons. The summed E-state index contributed by atoms with van der Waals surface area (Å²) in [7, 11) is 0. The minimum atomic E-state index is -0.564. The summed E-state index contributed by atoms with van der Waals surface area (Å²) in [4.78, 5) is 36.9. The van der Waals surface area contributed by atoms with Gasteiger partial charge in [-0.2, -0.15) is 0 Å². The summed E-state index contributed by atoms with van der Waals surface area (Å²) in [6, 6.07) is 0. The molecule has 3 fully saturated rings. The molecule has 0 aromatic heterocycles. The molecule has 1 N–H and O–H groups in total. The molecule has 6 nitrogen and oxygen atoms in total. The Morgan fingerprint density at radius 1 is 0.759 bits per heavy atom. The van der Waals surface area contributed by atoms with Gasteiger partial charge in [0, 0.05) is 0 Å². The first-order chi connectivity index (χ1) is 14.1. The van der Waals surface area contributed by atoms with Crippen molar-refractivity contribution in [3.63, 3.8) is 0 Å². The summed E-state index contributed by atoms with van der Waals surface area (Å²) in [6.45, 7) is 0. The lowest BCUT2D eigenvalue weighted by Crippen LogP contribution is -2.42. The standard InChI is InChI=1S/C23H26O6/c24-20-14-8-4-6-12-18(14)28-22(26)16(20)10-2-1-3-11-17-21(25)15-9-5-7-13-19(15)29-23(17)27/h1-3,10-11,14-15,18-19,24H,4-9,12-13H2. The largest absolute Gasteiger partial charge is 0.511 e. The molecule has 2 heterocycles. The van der Waals surface area contributed by atoms with Gasteiger partial charge in [0.05, 0.1) is 17.4 Å². The first-order valence-electron chi connectivity index (χ1n) is 10.5. The third kappa shape index (κ3) is 3.93. The molecule has 154 valence electrons. The summed E-state index contributed by atoms with van der Waals surface area (Å²) in [5, 5.41) is 10.5. The predicted octanol–water partition coefficient (Wildman–Crippen LogP) is 3.64. The lowest BCUT2D eigenvalue weighted by molar-refractivity contribution is -0.158. The highest BCUT2D eigenvalue weighted by Gasteiger charge is 2.42. The third-order valence-electron chi connectivity index (χ3n) is 6.34. The first-order valence-corrected chi connectivity index (χ1v) is 10.5. The Kier molecular flexibility index (Phi) is 5.69. The fourth-order valence-corrected chi connectivity index (χ4v) is 4.77. The molecule has 29 heavy (non-hydrogen) atoms. The van der Waals surface area contributed by atoms with E-state index < -0.39 is 11.9 Å². The average Bonchev–Trinajstić information content (AvgIpc) is 2.72. The molecule has 0 spiro atoms. The van der Waals surface area contributed by atoms with Crippen LogP contribution in [0.25, 0.3) is 0 Å². The number of aliphatic hydroxyl groups is 1. The maximum absolute atomic E-state index is 12.6. The van der Waals surface area contributed by atoms with Gasteiger partial charge in [-0.05, 0) is 50.7 Å². The van der Waals surface area contributed by atoms with Gasteiger partial charge in [0.15, 0.2) is 5.78 Å². The van der Waals surface area contributed by atoms with E-state index in [4.69, 9.17) is 9.47 Å². The van der Waals surface area contributed by atoms with E-state index in [-0.39, 0.29) is 46.7 Å². The second-order valence-corrected chi connectivity index (χ2v) is 8.16. The van der Waals surface area contributed by atoms with E-state index in [1.807, 2.05) is 0 Å². The van der Waals surface area contributed by atoms with Crippen molar-refractivity contribution >= 4 is 17.7 Å². The number of ketones is 1. The first kappa shape index (κ1) is 19.7. The minimum absolute atomic E-state index is 0.0713. The summed E-state index contributed by atoms with van der Waals surface area (Å²) in [6.07, 6.45) is 14.4. The molecular weight excluding hydrogens is 372 g/mol. The van der Waals surface area contributed by atoms with Crippen molar-refractivity contribution in [2.75, 3.05) is 0 Å². The topological polar surface area (TPSA) is 89.9 Å². The summed E-state index contributed by atoms with van der Waals surface area (Å²) in [5.41, 5.74) is 0.241. The van der Waals surface area contributed by atoms with Crippen molar-refractivity contribution in [1.29, 1.82) is 0 Å². The summed E-state index contributed by atoms with van der Waals surface area (Å²) >= 11 is 0. The molecule has 1 saturated heterocycles. The van der Waals surface area contributed by atoms with Crippen LogP contribution >= 0.6 is 0 Å². The van der Waals surface area contributed by atoms with Gasteiger partial charge in [-0.3, -0.25) is 4.79 Å². The molecule has 2 saturated carbocycles. The molecule has 4 unspecified atom stereocenters. The molecule has 0 aromatic rings. The Morgan fingerprint density at radius 2 is 1.38 bits per heavy atom. The lowest BCUT2D eigenvalue weighted by atomic mass is 9.79. The minimum Gasteiger partial charge on any atom is -0.511 e. The van der Waals surface area contributed by atoms with Crippen LogP contribution < -0.4 is 0 Å². The van der Waals surface area contributed by atoms with Crippen LogP contribution in [0, 0.1) is 11.8 Å². The van der Waals surface area contributed by atoms with E-state index in [0.717, 1.165) is 51.4 Å². The van der Waals surface area contributed by atoms with Crippen molar-refractivity contribution in [2.24, 2.45) is 11.8 Å². The number of allylic oxidation sites excluding steroid dienone is 4. The number of carbonyl (C=O) groups is 3. The monoisotopic (exact) mass is 398 g/mol. The van der Waals surface area contributed by atoms with Crippen molar-refractivity contribution in [3.05, 3.63) is 47.3 Å². The zero-order valence-corrected chi connectivity index (χ0v) is 16.3. The number of aliphatic hydroxyl groups excluding tert-OH is 1. The van der Waals surface area contributed by atoms with Crippen LogP contribution in [-0.4, -0.2) is 35.0 Å². The molecule has 0 bridgehead atoms. The number of ether oxygens (including phenoxy) is 2. The van der Waals surface area contributed by atoms with Crippen LogP contribution in [-0.2, 0) is 23.9 Å². The number of esters is 2. The van der Waals surface area contributed by atoms with Gasteiger partial charge in [0.25, 0.3) is 0 Å². The molecule has 6 heteroatoms. The zero-order valence-electron chi connectivity index (χ0n) is 16.3. The van der Waals surface area contributed by atoms with Gasteiger partial charge in [-0.1, -0.05) is 31.1 Å². The summed E-state index contributed by atoms with van der Waals surface area (Å²) < 4.78 is 10.9. The molecule has 4 atom stereocenters. The van der Waals surface area contributed by atoms with Gasteiger partial charge in [-0.15, -0.1) is 0 Å². The number of carbonyl (C=O) groups excluding carboxylic acids is 3. The van der Waals surface area contributed by atoms with Crippen LogP contribution in [0.5, 0.6) is 0 Å². The van der Waals surface area contributed by atoms with Crippen LogP contribution in [0.15, 0.2) is 47.3 Å².